The van der Waals surface area contributed by atoms with Crippen molar-refractivity contribution in [2.24, 2.45) is 0 Å². The van der Waals surface area contributed by atoms with Crippen LogP contribution in [0.2, 0.25) is 25.1 Å². The van der Waals surface area contributed by atoms with Gasteiger partial charge in [-0.2, -0.15) is 5.10 Å². The fourth-order valence-corrected chi connectivity index (χ4v) is 3.85. The minimum Gasteiger partial charge on any atom is -0.231 e. The van der Waals surface area contributed by atoms with Crippen LogP contribution in [0.25, 0.3) is 28.2 Å². The average molecular weight is 487 g/mol. The van der Waals surface area contributed by atoms with Gasteiger partial charge in [0.15, 0.2) is 0 Å². The average Bonchev–Trinajstić information content (AvgIpc) is 3.03. The molecule has 8 heteroatoms. The van der Waals surface area contributed by atoms with E-state index in [4.69, 9.17) is 58.0 Å². The molecule has 0 aliphatic carbocycles. The minimum atomic E-state index is -0.398. The highest BCUT2D eigenvalue weighted by atomic mass is 35.5. The molecular formula is C21H10Cl5FN2. The van der Waals surface area contributed by atoms with Gasteiger partial charge in [0.25, 0.3) is 0 Å². The van der Waals surface area contributed by atoms with Crippen molar-refractivity contribution in [3.8, 4) is 28.2 Å². The molecule has 4 rings (SSSR count). The van der Waals surface area contributed by atoms with Crippen molar-refractivity contribution in [2.45, 2.75) is 0 Å². The second kappa shape index (κ2) is 8.17. The summed E-state index contributed by atoms with van der Waals surface area (Å²) >= 11 is 31.2. The molecule has 3 aromatic carbocycles. The van der Waals surface area contributed by atoms with Crippen molar-refractivity contribution >= 4 is 58.0 Å². The van der Waals surface area contributed by atoms with E-state index in [1.807, 2.05) is 0 Å². The Kier molecular flexibility index (Phi) is 5.78. The molecular weight excluding hydrogens is 477 g/mol. The zero-order valence-electron chi connectivity index (χ0n) is 14.4. The molecule has 0 radical (unpaired) electrons. The SMILES string of the molecule is Fc1cccc(-n2nc(-c3ccc(Cl)c(Cl)c3)c(Cl)c2-c2ccc(Cl)c(Cl)c2)c1. The van der Waals surface area contributed by atoms with Crippen molar-refractivity contribution in [1.82, 2.24) is 9.78 Å². The summed E-state index contributed by atoms with van der Waals surface area (Å²) < 4.78 is 15.4. The molecule has 0 aliphatic heterocycles. The summed E-state index contributed by atoms with van der Waals surface area (Å²) in [6.07, 6.45) is 0. The van der Waals surface area contributed by atoms with Crippen LogP contribution < -0.4 is 0 Å². The topological polar surface area (TPSA) is 17.8 Å². The number of nitrogens with zero attached hydrogens (tertiary/aromatic N) is 2. The number of aromatic nitrogens is 2. The van der Waals surface area contributed by atoms with Crippen LogP contribution in [0.3, 0.4) is 0 Å². The van der Waals surface area contributed by atoms with Gasteiger partial charge in [0, 0.05) is 11.1 Å². The molecule has 0 saturated carbocycles. The summed E-state index contributed by atoms with van der Waals surface area (Å²) in [6, 6.07) is 16.3. The zero-order chi connectivity index (χ0) is 20.7. The van der Waals surface area contributed by atoms with Crippen LogP contribution in [0.5, 0.6) is 0 Å². The standard InChI is InChI=1S/C21H10Cl5FN2/c22-15-6-4-11(8-17(15)24)20-19(26)21(12-5-7-16(23)18(25)9-12)29(28-20)14-3-1-2-13(27)10-14/h1-10H. The third kappa shape index (κ3) is 3.98. The van der Waals surface area contributed by atoms with E-state index in [1.54, 1.807) is 53.2 Å². The minimum absolute atomic E-state index is 0.353. The Morgan fingerprint density at radius 3 is 1.93 bits per heavy atom. The van der Waals surface area contributed by atoms with Crippen LogP contribution in [0.1, 0.15) is 0 Å². The van der Waals surface area contributed by atoms with E-state index in [-0.39, 0.29) is 0 Å². The van der Waals surface area contributed by atoms with Crippen molar-refractivity contribution in [1.29, 1.82) is 0 Å². The fraction of sp³-hybridized carbons (Fsp3) is 0. The van der Waals surface area contributed by atoms with Gasteiger partial charge in [-0.15, -0.1) is 0 Å². The molecule has 0 N–H and O–H groups in total. The van der Waals surface area contributed by atoms with Crippen LogP contribution in [0.4, 0.5) is 4.39 Å². The zero-order valence-corrected chi connectivity index (χ0v) is 18.2. The molecule has 0 spiro atoms. The van der Waals surface area contributed by atoms with E-state index in [1.165, 1.54) is 12.1 Å². The van der Waals surface area contributed by atoms with Crippen LogP contribution in [-0.2, 0) is 0 Å². The third-order valence-corrected chi connectivity index (χ3v) is 6.10. The van der Waals surface area contributed by atoms with Gasteiger partial charge in [-0.3, -0.25) is 0 Å². The third-order valence-electron chi connectivity index (χ3n) is 4.27. The number of benzene rings is 3. The van der Waals surface area contributed by atoms with Gasteiger partial charge in [-0.25, -0.2) is 9.07 Å². The quantitative estimate of drug-likeness (QED) is 0.283. The molecule has 29 heavy (non-hydrogen) atoms. The van der Waals surface area contributed by atoms with E-state index in [9.17, 15) is 4.39 Å². The molecule has 146 valence electrons. The van der Waals surface area contributed by atoms with Crippen LogP contribution in [0.15, 0.2) is 60.7 Å². The highest BCUT2D eigenvalue weighted by Crippen LogP contribution is 2.40. The van der Waals surface area contributed by atoms with Gasteiger partial charge in [-0.05, 0) is 42.5 Å². The molecule has 0 atom stereocenters. The maximum Gasteiger partial charge on any atom is 0.125 e. The van der Waals surface area contributed by atoms with Crippen molar-refractivity contribution in [3.63, 3.8) is 0 Å². The molecule has 0 unspecified atom stereocenters. The molecule has 0 amide bonds. The normalized spacial score (nSPS) is 11.1. The number of rotatable bonds is 3. The summed E-state index contributed by atoms with van der Waals surface area (Å²) in [4.78, 5) is 0. The Bertz CT molecular complexity index is 1240. The summed E-state index contributed by atoms with van der Waals surface area (Å²) in [7, 11) is 0. The van der Waals surface area contributed by atoms with Crippen molar-refractivity contribution in [3.05, 3.63) is 91.6 Å². The van der Waals surface area contributed by atoms with Crippen LogP contribution >= 0.6 is 58.0 Å². The smallest absolute Gasteiger partial charge is 0.125 e. The summed E-state index contributed by atoms with van der Waals surface area (Å²) in [5.41, 5.74) is 2.85. The molecule has 1 aromatic heterocycles. The van der Waals surface area contributed by atoms with E-state index >= 15 is 0 Å². The van der Waals surface area contributed by atoms with Crippen LogP contribution in [0, 0.1) is 5.82 Å². The van der Waals surface area contributed by atoms with Crippen LogP contribution in [-0.4, -0.2) is 9.78 Å². The van der Waals surface area contributed by atoms with Crippen molar-refractivity contribution < 1.29 is 4.39 Å². The highest BCUT2D eigenvalue weighted by Gasteiger charge is 2.21. The lowest BCUT2D eigenvalue weighted by Gasteiger charge is -2.09. The first-order chi connectivity index (χ1) is 13.8. The number of hydrogen-bond donors (Lipinski definition) is 0. The lowest BCUT2D eigenvalue weighted by molar-refractivity contribution is 0.625. The Balaban J connectivity index is 2.00. The Morgan fingerprint density at radius 1 is 0.690 bits per heavy atom. The van der Waals surface area contributed by atoms with Gasteiger partial charge < -0.3 is 0 Å². The fourth-order valence-electron chi connectivity index (χ4n) is 2.91. The Morgan fingerprint density at radius 2 is 1.31 bits per heavy atom. The second-order valence-electron chi connectivity index (χ2n) is 6.16. The molecule has 1 heterocycles. The predicted molar refractivity (Wildman–Crippen MR) is 119 cm³/mol. The highest BCUT2D eigenvalue weighted by molar-refractivity contribution is 6.43. The first-order valence-electron chi connectivity index (χ1n) is 8.30. The Labute approximate surface area is 191 Å². The predicted octanol–water partition coefficient (Wildman–Crippen LogP) is 8.61. The van der Waals surface area contributed by atoms with Gasteiger partial charge in [0.2, 0.25) is 0 Å². The van der Waals surface area contributed by atoms with Gasteiger partial charge in [-0.1, -0.05) is 76.2 Å². The molecule has 0 fully saturated rings. The van der Waals surface area contributed by atoms with Gasteiger partial charge in [0.05, 0.1) is 36.5 Å². The molecule has 0 bridgehead atoms. The van der Waals surface area contributed by atoms with E-state index < -0.39 is 5.82 Å². The Hall–Kier alpha value is -1.75. The molecule has 0 aliphatic rings. The number of halogens is 6. The second-order valence-corrected chi connectivity index (χ2v) is 8.17. The summed E-state index contributed by atoms with van der Waals surface area (Å²) in [5, 5.41) is 6.55. The maximum atomic E-state index is 13.9. The summed E-state index contributed by atoms with van der Waals surface area (Å²) in [6.45, 7) is 0. The van der Waals surface area contributed by atoms with Crippen molar-refractivity contribution in [2.75, 3.05) is 0 Å². The lowest BCUT2D eigenvalue weighted by atomic mass is 10.1. The monoisotopic (exact) mass is 484 g/mol. The lowest BCUT2D eigenvalue weighted by Crippen LogP contribution is -2.00. The van der Waals surface area contributed by atoms with Gasteiger partial charge in [0.1, 0.15) is 11.5 Å². The molecule has 4 aromatic rings. The molecule has 2 nitrogen and oxygen atoms in total. The number of hydrogen-bond acceptors (Lipinski definition) is 1. The molecule has 0 saturated heterocycles. The van der Waals surface area contributed by atoms with Gasteiger partial charge >= 0.3 is 0 Å². The first kappa shape index (κ1) is 20.5. The van der Waals surface area contributed by atoms with E-state index in [0.717, 1.165) is 0 Å². The maximum absolute atomic E-state index is 13.9. The van der Waals surface area contributed by atoms with E-state index in [0.29, 0.717) is 53.3 Å². The van der Waals surface area contributed by atoms with E-state index in [2.05, 4.69) is 5.10 Å². The largest absolute Gasteiger partial charge is 0.231 e. The summed E-state index contributed by atoms with van der Waals surface area (Å²) in [5.74, 6) is -0.398. The first-order valence-corrected chi connectivity index (χ1v) is 10.2.